The van der Waals surface area contributed by atoms with Crippen LogP contribution in [0.5, 0.6) is 5.95 Å². The van der Waals surface area contributed by atoms with Gasteiger partial charge in [-0.3, -0.25) is 4.79 Å². The molecule has 0 saturated carbocycles. The number of hydrogen-bond donors (Lipinski definition) is 1. The van der Waals surface area contributed by atoms with Crippen molar-refractivity contribution in [3.8, 4) is 5.95 Å². The zero-order chi connectivity index (χ0) is 17.7. The molecular formula is C16H15BrClNO5. The van der Waals surface area contributed by atoms with E-state index in [1.54, 1.807) is 12.1 Å². The standard InChI is InChI=1S/C16H15BrClNO5/c1-9(20)2-5-13(21)19-10-3-4-11-12(8-10)15(22)24-16(14(11)18)23-7-6-17/h3-4,8H,2,5-7H2,1H3,(H,19,21). The second kappa shape index (κ2) is 8.30. The maximum absolute atomic E-state index is 12.1. The fraction of sp³-hybridized carbons (Fsp3) is 0.312. The third-order valence-electron chi connectivity index (χ3n) is 3.14. The van der Waals surface area contributed by atoms with Gasteiger partial charge in [-0.2, -0.15) is 0 Å². The van der Waals surface area contributed by atoms with E-state index in [0.29, 0.717) is 23.0 Å². The van der Waals surface area contributed by atoms with Crippen molar-refractivity contribution in [1.82, 2.24) is 0 Å². The van der Waals surface area contributed by atoms with E-state index >= 15 is 0 Å². The van der Waals surface area contributed by atoms with Crippen LogP contribution in [0.15, 0.2) is 27.4 Å². The van der Waals surface area contributed by atoms with E-state index in [-0.39, 0.29) is 40.9 Å². The van der Waals surface area contributed by atoms with Gasteiger partial charge in [-0.25, -0.2) is 4.79 Å². The van der Waals surface area contributed by atoms with E-state index in [9.17, 15) is 14.4 Å². The first-order valence-corrected chi connectivity index (χ1v) is 8.66. The Morgan fingerprint density at radius 2 is 2.04 bits per heavy atom. The number of ether oxygens (including phenoxy) is 1. The van der Waals surface area contributed by atoms with Gasteiger partial charge >= 0.3 is 11.6 Å². The summed E-state index contributed by atoms with van der Waals surface area (Å²) in [5, 5.41) is 4.10. The largest absolute Gasteiger partial charge is 0.463 e. The first kappa shape index (κ1) is 18.5. The van der Waals surface area contributed by atoms with Crippen LogP contribution >= 0.6 is 27.5 Å². The van der Waals surface area contributed by atoms with Gasteiger partial charge in [-0.05, 0) is 19.1 Å². The maximum Gasteiger partial charge on any atom is 0.346 e. The number of fused-ring (bicyclic) bond motifs is 1. The number of alkyl halides is 1. The van der Waals surface area contributed by atoms with Crippen molar-refractivity contribution in [3.05, 3.63) is 33.6 Å². The molecule has 1 aromatic heterocycles. The SMILES string of the molecule is CC(=O)CCC(=O)Nc1ccc2c(Cl)c(OCCBr)oc(=O)c2c1. The molecule has 0 aliphatic heterocycles. The molecule has 24 heavy (non-hydrogen) atoms. The number of nitrogens with one attached hydrogen (secondary N) is 1. The quantitative estimate of drug-likeness (QED) is 0.698. The third kappa shape index (κ3) is 4.58. The van der Waals surface area contributed by atoms with E-state index < -0.39 is 5.63 Å². The number of Topliss-reactive ketones (excluding diaryl/α,β-unsaturated/α-hetero) is 1. The molecule has 8 heteroatoms. The lowest BCUT2D eigenvalue weighted by Gasteiger charge is -2.09. The monoisotopic (exact) mass is 415 g/mol. The van der Waals surface area contributed by atoms with Crippen molar-refractivity contribution in [1.29, 1.82) is 0 Å². The molecule has 0 fully saturated rings. The van der Waals surface area contributed by atoms with Crippen molar-refractivity contribution in [3.63, 3.8) is 0 Å². The molecule has 2 rings (SSSR count). The number of hydrogen-bond acceptors (Lipinski definition) is 5. The molecule has 0 atom stereocenters. The van der Waals surface area contributed by atoms with Crippen molar-refractivity contribution in [2.24, 2.45) is 0 Å². The average molecular weight is 417 g/mol. The van der Waals surface area contributed by atoms with Crippen LogP contribution in [0.25, 0.3) is 10.8 Å². The normalized spacial score (nSPS) is 10.6. The lowest BCUT2D eigenvalue weighted by atomic mass is 10.1. The minimum absolute atomic E-state index is 0.0353. The molecule has 1 amide bonds. The fourth-order valence-electron chi connectivity index (χ4n) is 2.01. The van der Waals surface area contributed by atoms with Gasteiger partial charge in [-0.15, -0.1) is 0 Å². The highest BCUT2D eigenvalue weighted by atomic mass is 79.9. The molecule has 0 unspecified atom stereocenters. The predicted octanol–water partition coefficient (Wildman–Crippen LogP) is 3.53. The van der Waals surface area contributed by atoms with Gasteiger partial charge in [-0.1, -0.05) is 33.6 Å². The summed E-state index contributed by atoms with van der Waals surface area (Å²) in [7, 11) is 0. The van der Waals surface area contributed by atoms with Gasteiger partial charge in [0.1, 0.15) is 17.4 Å². The molecule has 0 bridgehead atoms. The van der Waals surface area contributed by atoms with Gasteiger partial charge in [0.15, 0.2) is 0 Å². The van der Waals surface area contributed by atoms with E-state index in [0.717, 1.165) is 0 Å². The van der Waals surface area contributed by atoms with Crippen LogP contribution < -0.4 is 15.7 Å². The summed E-state index contributed by atoms with van der Waals surface area (Å²) in [6, 6.07) is 4.71. The van der Waals surface area contributed by atoms with E-state index in [1.165, 1.54) is 13.0 Å². The van der Waals surface area contributed by atoms with Crippen LogP contribution in [0.2, 0.25) is 5.02 Å². The lowest BCUT2D eigenvalue weighted by Crippen LogP contribution is -2.13. The summed E-state index contributed by atoms with van der Waals surface area (Å²) in [6.07, 6.45) is 0.254. The highest BCUT2D eigenvalue weighted by molar-refractivity contribution is 9.09. The first-order chi connectivity index (χ1) is 11.4. The summed E-state index contributed by atoms with van der Waals surface area (Å²) < 4.78 is 10.4. The van der Waals surface area contributed by atoms with Gasteiger partial charge in [0.2, 0.25) is 5.91 Å². The Bertz CT molecular complexity index is 833. The summed E-state index contributed by atoms with van der Waals surface area (Å²) in [5.74, 6) is -0.406. The Labute approximate surface area is 151 Å². The zero-order valence-electron chi connectivity index (χ0n) is 12.9. The van der Waals surface area contributed by atoms with Gasteiger partial charge in [0.25, 0.3) is 0 Å². The summed E-state index contributed by atoms with van der Waals surface area (Å²) >= 11 is 9.40. The Morgan fingerprint density at radius 3 is 2.71 bits per heavy atom. The summed E-state index contributed by atoms with van der Waals surface area (Å²) in [6.45, 7) is 1.73. The molecule has 128 valence electrons. The molecule has 0 spiro atoms. The average Bonchev–Trinajstić information content (AvgIpc) is 2.55. The van der Waals surface area contributed by atoms with Crippen molar-refractivity contribution >= 4 is 55.7 Å². The lowest BCUT2D eigenvalue weighted by molar-refractivity contribution is -0.121. The molecule has 2 aromatic rings. The van der Waals surface area contributed by atoms with Gasteiger partial charge < -0.3 is 19.3 Å². The highest BCUT2D eigenvalue weighted by Crippen LogP contribution is 2.31. The predicted molar refractivity (Wildman–Crippen MR) is 95.3 cm³/mol. The van der Waals surface area contributed by atoms with Gasteiger partial charge in [0.05, 0.1) is 5.39 Å². The van der Waals surface area contributed by atoms with Crippen LogP contribution in [0.1, 0.15) is 19.8 Å². The Balaban J connectivity index is 2.28. The minimum atomic E-state index is -0.612. The molecule has 0 saturated heterocycles. The first-order valence-electron chi connectivity index (χ1n) is 7.16. The maximum atomic E-state index is 12.1. The Hall–Kier alpha value is -1.86. The number of carbonyl (C=O) groups excluding carboxylic acids is 2. The highest BCUT2D eigenvalue weighted by Gasteiger charge is 2.14. The number of amides is 1. The van der Waals surface area contributed by atoms with Crippen LogP contribution in [0, 0.1) is 0 Å². The van der Waals surface area contributed by atoms with E-state index in [2.05, 4.69) is 21.2 Å². The van der Waals surface area contributed by atoms with Crippen LogP contribution in [0.4, 0.5) is 5.69 Å². The number of carbonyl (C=O) groups is 2. The van der Waals surface area contributed by atoms with Crippen LogP contribution in [0.3, 0.4) is 0 Å². The number of ketones is 1. The number of benzene rings is 1. The molecule has 1 aromatic carbocycles. The van der Waals surface area contributed by atoms with Crippen LogP contribution in [-0.4, -0.2) is 23.6 Å². The van der Waals surface area contributed by atoms with Crippen molar-refractivity contribution in [2.45, 2.75) is 19.8 Å². The second-order valence-corrected chi connectivity index (χ2v) is 6.21. The molecule has 0 aliphatic carbocycles. The van der Waals surface area contributed by atoms with Crippen molar-refractivity contribution in [2.75, 3.05) is 17.3 Å². The summed E-state index contributed by atoms with van der Waals surface area (Å²) in [4.78, 5) is 34.8. The van der Waals surface area contributed by atoms with Crippen molar-refractivity contribution < 1.29 is 18.7 Å². The third-order valence-corrected chi connectivity index (χ3v) is 3.82. The Kier molecular flexibility index (Phi) is 6.39. The van der Waals surface area contributed by atoms with E-state index in [1.807, 2.05) is 0 Å². The van der Waals surface area contributed by atoms with E-state index in [4.69, 9.17) is 20.8 Å². The molecule has 0 aliphatic rings. The smallest absolute Gasteiger partial charge is 0.346 e. The minimum Gasteiger partial charge on any atom is -0.463 e. The molecule has 1 N–H and O–H groups in total. The summed E-state index contributed by atoms with van der Waals surface area (Å²) in [5.41, 5.74) is -0.188. The number of rotatable bonds is 7. The molecule has 6 nitrogen and oxygen atoms in total. The van der Waals surface area contributed by atoms with Crippen LogP contribution in [-0.2, 0) is 9.59 Å². The Morgan fingerprint density at radius 1 is 1.29 bits per heavy atom. The topological polar surface area (TPSA) is 85.6 Å². The second-order valence-electron chi connectivity index (χ2n) is 5.04. The number of anilines is 1. The molecule has 0 radical (unpaired) electrons. The zero-order valence-corrected chi connectivity index (χ0v) is 15.2. The molecule has 1 heterocycles. The number of halogens is 2. The molecular weight excluding hydrogens is 402 g/mol. The van der Waals surface area contributed by atoms with Gasteiger partial charge in [0, 0.05) is 29.2 Å². The fourth-order valence-corrected chi connectivity index (χ4v) is 2.43.